The van der Waals surface area contributed by atoms with Crippen molar-refractivity contribution >= 4 is 0 Å². The fourth-order valence-corrected chi connectivity index (χ4v) is 3.29. The molecule has 2 heteroatoms. The molecule has 2 unspecified atom stereocenters. The van der Waals surface area contributed by atoms with Crippen molar-refractivity contribution in [2.45, 2.75) is 71.0 Å². The molecule has 0 bridgehead atoms. The van der Waals surface area contributed by atoms with Gasteiger partial charge in [0.2, 0.25) is 0 Å². The molecule has 27 heavy (non-hydrogen) atoms. The summed E-state index contributed by atoms with van der Waals surface area (Å²) in [5.74, 6) is 0. The molecule has 0 aliphatic heterocycles. The summed E-state index contributed by atoms with van der Waals surface area (Å²) in [4.78, 5) is 0. The molecule has 2 nitrogen and oxygen atoms in total. The first-order chi connectivity index (χ1) is 13.3. The summed E-state index contributed by atoms with van der Waals surface area (Å²) in [6, 6.07) is 21.2. The Morgan fingerprint density at radius 2 is 1.00 bits per heavy atom. The highest BCUT2D eigenvalue weighted by Crippen LogP contribution is 2.32. The van der Waals surface area contributed by atoms with E-state index in [1.165, 1.54) is 36.8 Å². The van der Waals surface area contributed by atoms with Crippen LogP contribution >= 0.6 is 0 Å². The third-order valence-corrected chi connectivity index (χ3v) is 4.90. The largest absolute Gasteiger partial charge is 0.373 e. The summed E-state index contributed by atoms with van der Waals surface area (Å²) in [5, 5.41) is 0. The van der Waals surface area contributed by atoms with Gasteiger partial charge < -0.3 is 9.47 Å². The Morgan fingerprint density at radius 1 is 0.593 bits per heavy atom. The summed E-state index contributed by atoms with van der Waals surface area (Å²) in [6.07, 6.45) is 8.10. The van der Waals surface area contributed by atoms with Gasteiger partial charge in [-0.25, -0.2) is 0 Å². The van der Waals surface area contributed by atoms with Gasteiger partial charge in [-0.05, 0) is 24.0 Å². The number of ether oxygens (including phenoxy) is 2. The number of benzene rings is 2. The first-order valence-electron chi connectivity index (χ1n) is 10.7. The number of unbranched alkanes of at least 4 members (excludes halogenated alkanes) is 4. The van der Waals surface area contributed by atoms with Gasteiger partial charge in [-0.1, -0.05) is 100 Å². The molecule has 0 N–H and O–H groups in total. The van der Waals surface area contributed by atoms with Gasteiger partial charge >= 0.3 is 0 Å². The van der Waals surface area contributed by atoms with Crippen molar-refractivity contribution in [3.05, 3.63) is 71.8 Å². The average molecular weight is 369 g/mol. The molecule has 0 saturated heterocycles. The van der Waals surface area contributed by atoms with Gasteiger partial charge in [0.1, 0.15) is 0 Å². The summed E-state index contributed by atoms with van der Waals surface area (Å²) in [5.41, 5.74) is 2.49. The van der Waals surface area contributed by atoms with E-state index >= 15 is 0 Å². The second-order valence-corrected chi connectivity index (χ2v) is 7.19. The Balaban J connectivity index is 2.07. The van der Waals surface area contributed by atoms with Crippen molar-refractivity contribution in [3.8, 4) is 0 Å². The Hall–Kier alpha value is -1.64. The second kappa shape index (κ2) is 13.5. The molecule has 0 heterocycles. The Kier molecular flexibility index (Phi) is 10.8. The molecule has 2 aromatic rings. The van der Waals surface area contributed by atoms with Gasteiger partial charge in [0.15, 0.2) is 0 Å². The van der Waals surface area contributed by atoms with Crippen LogP contribution in [0.25, 0.3) is 0 Å². The zero-order valence-electron chi connectivity index (χ0n) is 17.1. The predicted octanol–water partition coefficient (Wildman–Crippen LogP) is 7.27. The maximum Gasteiger partial charge on any atom is 0.0853 e. The maximum atomic E-state index is 6.33. The van der Waals surface area contributed by atoms with Gasteiger partial charge in [-0.3, -0.25) is 0 Å². The van der Waals surface area contributed by atoms with Crippen LogP contribution in [0, 0.1) is 0 Å². The van der Waals surface area contributed by atoms with E-state index < -0.39 is 0 Å². The number of rotatable bonds is 14. The highest BCUT2D eigenvalue weighted by atomic mass is 16.5. The molecule has 0 amide bonds. The molecule has 0 spiro atoms. The minimum Gasteiger partial charge on any atom is -0.373 e. The van der Waals surface area contributed by atoms with Crippen molar-refractivity contribution in [1.29, 1.82) is 0 Å². The van der Waals surface area contributed by atoms with E-state index in [1.807, 2.05) is 0 Å². The molecule has 2 atom stereocenters. The second-order valence-electron chi connectivity index (χ2n) is 7.19. The molecule has 0 saturated carbocycles. The van der Waals surface area contributed by atoms with Crippen LogP contribution in [0.1, 0.15) is 82.1 Å². The van der Waals surface area contributed by atoms with Crippen molar-refractivity contribution in [2.24, 2.45) is 0 Å². The van der Waals surface area contributed by atoms with Crippen LogP contribution in [-0.4, -0.2) is 13.2 Å². The van der Waals surface area contributed by atoms with Gasteiger partial charge in [0, 0.05) is 19.6 Å². The first-order valence-corrected chi connectivity index (χ1v) is 10.7. The summed E-state index contributed by atoms with van der Waals surface area (Å²) in [6.45, 7) is 6.07. The maximum absolute atomic E-state index is 6.33. The molecule has 0 aliphatic carbocycles. The Morgan fingerprint density at radius 3 is 1.37 bits per heavy atom. The standard InChI is InChI=1S/C25H36O2/c1-3-5-13-19-26-24(22-15-9-7-10-16-22)21-25(27-20-14-6-4-2)23-17-11-8-12-18-23/h7-12,15-18,24-25H,3-6,13-14,19-21H2,1-2H3. The van der Waals surface area contributed by atoms with Crippen LogP contribution in [0.4, 0.5) is 0 Å². The van der Waals surface area contributed by atoms with Crippen LogP contribution < -0.4 is 0 Å². The fourth-order valence-electron chi connectivity index (χ4n) is 3.29. The highest BCUT2D eigenvalue weighted by molar-refractivity contribution is 5.21. The fraction of sp³-hybridized carbons (Fsp3) is 0.520. The molecule has 0 aliphatic rings. The zero-order chi connectivity index (χ0) is 19.2. The van der Waals surface area contributed by atoms with Crippen molar-refractivity contribution < 1.29 is 9.47 Å². The molecule has 0 radical (unpaired) electrons. The molecule has 148 valence electrons. The molecular formula is C25H36O2. The topological polar surface area (TPSA) is 18.5 Å². The summed E-state index contributed by atoms with van der Waals surface area (Å²) in [7, 11) is 0. The third-order valence-electron chi connectivity index (χ3n) is 4.90. The van der Waals surface area contributed by atoms with Crippen LogP contribution in [0.15, 0.2) is 60.7 Å². The Labute approximate surface area is 165 Å². The van der Waals surface area contributed by atoms with Crippen LogP contribution in [0.3, 0.4) is 0 Å². The van der Waals surface area contributed by atoms with Crippen LogP contribution in [-0.2, 0) is 9.47 Å². The molecule has 0 fully saturated rings. The van der Waals surface area contributed by atoms with Crippen molar-refractivity contribution in [3.63, 3.8) is 0 Å². The molecular weight excluding hydrogens is 332 g/mol. The van der Waals surface area contributed by atoms with E-state index in [-0.39, 0.29) is 12.2 Å². The van der Waals surface area contributed by atoms with Crippen molar-refractivity contribution in [2.75, 3.05) is 13.2 Å². The van der Waals surface area contributed by atoms with E-state index in [0.717, 1.165) is 32.5 Å². The first kappa shape index (κ1) is 21.7. The third kappa shape index (κ3) is 8.28. The van der Waals surface area contributed by atoms with Crippen LogP contribution in [0.2, 0.25) is 0 Å². The van der Waals surface area contributed by atoms with Gasteiger partial charge in [0.05, 0.1) is 12.2 Å². The lowest BCUT2D eigenvalue weighted by Crippen LogP contribution is -2.14. The predicted molar refractivity (Wildman–Crippen MR) is 114 cm³/mol. The minimum absolute atomic E-state index is 0.0689. The Bertz CT molecular complexity index is 528. The average Bonchev–Trinajstić information content (AvgIpc) is 2.73. The lowest BCUT2D eigenvalue weighted by atomic mass is 9.98. The number of hydrogen-bond acceptors (Lipinski definition) is 2. The van der Waals surface area contributed by atoms with Crippen molar-refractivity contribution in [1.82, 2.24) is 0 Å². The molecule has 2 rings (SSSR count). The number of hydrogen-bond donors (Lipinski definition) is 0. The molecule has 2 aromatic carbocycles. The quantitative estimate of drug-likeness (QED) is 0.326. The SMILES string of the molecule is CCCCCOC(CC(OCCCCC)c1ccccc1)c1ccccc1. The van der Waals surface area contributed by atoms with Gasteiger partial charge in [-0.15, -0.1) is 0 Å². The lowest BCUT2D eigenvalue weighted by molar-refractivity contribution is -0.0219. The normalized spacial score (nSPS) is 13.4. The van der Waals surface area contributed by atoms with E-state index in [9.17, 15) is 0 Å². The van der Waals surface area contributed by atoms with E-state index in [1.54, 1.807) is 0 Å². The van der Waals surface area contributed by atoms with Gasteiger partial charge in [-0.2, -0.15) is 0 Å². The van der Waals surface area contributed by atoms with E-state index in [0.29, 0.717) is 0 Å². The lowest BCUT2D eigenvalue weighted by Gasteiger charge is -2.25. The van der Waals surface area contributed by atoms with Gasteiger partial charge in [0.25, 0.3) is 0 Å². The van der Waals surface area contributed by atoms with E-state index in [4.69, 9.17) is 9.47 Å². The van der Waals surface area contributed by atoms with E-state index in [2.05, 4.69) is 74.5 Å². The summed E-state index contributed by atoms with van der Waals surface area (Å²) >= 11 is 0. The monoisotopic (exact) mass is 368 g/mol. The molecule has 0 aromatic heterocycles. The highest BCUT2D eigenvalue weighted by Gasteiger charge is 2.21. The minimum atomic E-state index is 0.0689. The summed E-state index contributed by atoms with van der Waals surface area (Å²) < 4.78 is 12.7. The zero-order valence-corrected chi connectivity index (χ0v) is 17.1. The van der Waals surface area contributed by atoms with Crippen LogP contribution in [0.5, 0.6) is 0 Å². The smallest absolute Gasteiger partial charge is 0.0853 e.